The number of anilines is 1. The summed E-state index contributed by atoms with van der Waals surface area (Å²) in [7, 11) is 0. The first kappa shape index (κ1) is 23.0. The van der Waals surface area contributed by atoms with Crippen LogP contribution in [0.15, 0.2) is 48.8 Å². The lowest BCUT2D eigenvalue weighted by atomic mass is 10.1. The van der Waals surface area contributed by atoms with Gasteiger partial charge in [-0.25, -0.2) is 14.6 Å². The van der Waals surface area contributed by atoms with E-state index in [9.17, 15) is 4.79 Å². The molecular weight excluding hydrogens is 468 g/mol. The van der Waals surface area contributed by atoms with Gasteiger partial charge in [-0.05, 0) is 38.5 Å². The fourth-order valence-corrected chi connectivity index (χ4v) is 5.15. The first-order chi connectivity index (χ1) is 18.0. The quantitative estimate of drug-likeness (QED) is 0.365. The highest BCUT2D eigenvalue weighted by atomic mass is 16.2. The Labute approximate surface area is 213 Å². The van der Waals surface area contributed by atoms with Gasteiger partial charge in [0, 0.05) is 49.7 Å². The molecule has 11 nitrogen and oxygen atoms in total. The number of aryl methyl sites for hydroxylation is 2. The first-order valence-electron chi connectivity index (χ1n) is 12.5. The minimum Gasteiger partial charge on any atom is -0.337 e. The van der Waals surface area contributed by atoms with Crippen LogP contribution in [0.3, 0.4) is 0 Å². The molecule has 188 valence electrons. The van der Waals surface area contributed by atoms with Crippen LogP contribution in [-0.2, 0) is 4.79 Å². The number of benzene rings is 1. The van der Waals surface area contributed by atoms with Crippen LogP contribution in [-0.4, -0.2) is 76.5 Å². The van der Waals surface area contributed by atoms with E-state index in [1.807, 2.05) is 60.6 Å². The lowest BCUT2D eigenvalue weighted by molar-refractivity contribution is -0.135. The lowest BCUT2D eigenvalue weighted by Gasteiger charge is -2.36. The fourth-order valence-electron chi connectivity index (χ4n) is 5.15. The van der Waals surface area contributed by atoms with Crippen molar-refractivity contribution in [3.8, 4) is 5.95 Å². The summed E-state index contributed by atoms with van der Waals surface area (Å²) in [6, 6.07) is 11.3. The van der Waals surface area contributed by atoms with Crippen molar-refractivity contribution in [1.29, 1.82) is 0 Å². The van der Waals surface area contributed by atoms with E-state index in [2.05, 4.69) is 30.2 Å². The number of aromatic nitrogens is 8. The van der Waals surface area contributed by atoms with Gasteiger partial charge in [-0.2, -0.15) is 10.1 Å². The van der Waals surface area contributed by atoms with E-state index in [1.54, 1.807) is 23.1 Å². The summed E-state index contributed by atoms with van der Waals surface area (Å²) in [5.74, 6) is 1.16. The van der Waals surface area contributed by atoms with Crippen molar-refractivity contribution in [1.82, 2.24) is 44.4 Å². The van der Waals surface area contributed by atoms with Gasteiger partial charge in [0.1, 0.15) is 11.6 Å². The van der Waals surface area contributed by atoms with Gasteiger partial charge in [0.05, 0.1) is 11.2 Å². The molecule has 0 N–H and O–H groups in total. The van der Waals surface area contributed by atoms with Gasteiger partial charge in [0.2, 0.25) is 11.9 Å². The molecule has 1 atom stereocenters. The molecule has 0 radical (unpaired) electrons. The lowest BCUT2D eigenvalue weighted by Crippen LogP contribution is -2.51. The SMILES string of the molecule is CCC(C(=O)N1CCN(c2ncccn2)CC1)n1c2ccccc2c2nnc(-n3nc(C)cc3C)nc21. The van der Waals surface area contributed by atoms with E-state index in [-0.39, 0.29) is 5.91 Å². The minimum atomic E-state index is -0.424. The van der Waals surface area contributed by atoms with Crippen molar-refractivity contribution < 1.29 is 4.79 Å². The van der Waals surface area contributed by atoms with Crippen LogP contribution in [0.25, 0.3) is 28.0 Å². The van der Waals surface area contributed by atoms with Crippen LogP contribution in [0.1, 0.15) is 30.8 Å². The van der Waals surface area contributed by atoms with Crippen LogP contribution in [0.4, 0.5) is 5.95 Å². The summed E-state index contributed by atoms with van der Waals surface area (Å²) in [4.78, 5) is 31.6. The molecule has 1 aliphatic heterocycles. The third kappa shape index (κ3) is 3.96. The van der Waals surface area contributed by atoms with Crippen LogP contribution in [0.5, 0.6) is 0 Å². The molecule has 6 rings (SSSR count). The number of carbonyl (C=O) groups is 1. The van der Waals surface area contributed by atoms with Gasteiger partial charge < -0.3 is 14.4 Å². The van der Waals surface area contributed by atoms with Gasteiger partial charge >= 0.3 is 0 Å². The van der Waals surface area contributed by atoms with Gasteiger partial charge in [-0.1, -0.05) is 25.1 Å². The maximum atomic E-state index is 13.9. The van der Waals surface area contributed by atoms with E-state index in [1.165, 1.54) is 0 Å². The van der Waals surface area contributed by atoms with Crippen LogP contribution < -0.4 is 4.90 Å². The molecule has 1 unspecified atom stereocenters. The number of para-hydroxylation sites is 1. The number of rotatable bonds is 5. The predicted molar refractivity (Wildman–Crippen MR) is 140 cm³/mol. The Balaban J connectivity index is 1.38. The van der Waals surface area contributed by atoms with E-state index in [0.717, 1.165) is 22.3 Å². The zero-order chi connectivity index (χ0) is 25.5. The molecule has 37 heavy (non-hydrogen) atoms. The van der Waals surface area contributed by atoms with E-state index in [0.29, 0.717) is 55.7 Å². The zero-order valence-corrected chi connectivity index (χ0v) is 21.1. The maximum Gasteiger partial charge on any atom is 0.272 e. The topological polar surface area (TPSA) is 111 Å². The largest absolute Gasteiger partial charge is 0.337 e. The van der Waals surface area contributed by atoms with Crippen molar-refractivity contribution >= 4 is 33.9 Å². The maximum absolute atomic E-state index is 13.9. The summed E-state index contributed by atoms with van der Waals surface area (Å²) in [6.45, 7) is 8.51. The molecule has 5 aromatic rings. The van der Waals surface area contributed by atoms with Gasteiger partial charge in [0.15, 0.2) is 5.65 Å². The molecule has 1 amide bonds. The Morgan fingerprint density at radius 2 is 1.73 bits per heavy atom. The normalized spacial score (nSPS) is 15.0. The van der Waals surface area contributed by atoms with Gasteiger partial charge in [-0.15, -0.1) is 10.2 Å². The molecule has 0 saturated carbocycles. The zero-order valence-electron chi connectivity index (χ0n) is 21.1. The highest BCUT2D eigenvalue weighted by Gasteiger charge is 2.31. The fraction of sp³-hybridized carbons (Fsp3) is 0.346. The summed E-state index contributed by atoms with van der Waals surface area (Å²) in [5, 5.41) is 14.4. The van der Waals surface area contributed by atoms with Crippen LogP contribution in [0, 0.1) is 13.8 Å². The Hall–Kier alpha value is -4.41. The van der Waals surface area contributed by atoms with E-state index >= 15 is 0 Å². The molecular formula is C26H28N10O. The molecule has 5 heterocycles. The van der Waals surface area contributed by atoms with E-state index < -0.39 is 6.04 Å². The number of hydrogen-bond donors (Lipinski definition) is 0. The summed E-state index contributed by atoms with van der Waals surface area (Å²) in [6.07, 6.45) is 4.10. The number of carbonyl (C=O) groups excluding carboxylic acids is 1. The number of fused-ring (bicyclic) bond motifs is 3. The molecule has 1 aromatic carbocycles. The monoisotopic (exact) mass is 496 g/mol. The summed E-state index contributed by atoms with van der Waals surface area (Å²) < 4.78 is 3.72. The summed E-state index contributed by atoms with van der Waals surface area (Å²) >= 11 is 0. The second-order valence-electron chi connectivity index (χ2n) is 9.30. The Morgan fingerprint density at radius 1 is 0.973 bits per heavy atom. The smallest absolute Gasteiger partial charge is 0.272 e. The van der Waals surface area contributed by atoms with Crippen molar-refractivity contribution in [3.63, 3.8) is 0 Å². The number of piperazine rings is 1. The Morgan fingerprint density at radius 3 is 2.43 bits per heavy atom. The van der Waals surface area contributed by atoms with Gasteiger partial charge in [0.25, 0.3) is 5.95 Å². The first-order valence-corrected chi connectivity index (χ1v) is 12.5. The van der Waals surface area contributed by atoms with Crippen molar-refractivity contribution in [3.05, 3.63) is 60.2 Å². The highest BCUT2D eigenvalue weighted by Crippen LogP contribution is 2.32. The Kier molecular flexibility index (Phi) is 5.74. The molecule has 4 aromatic heterocycles. The summed E-state index contributed by atoms with van der Waals surface area (Å²) in [5.41, 5.74) is 4.03. The third-order valence-electron chi connectivity index (χ3n) is 6.91. The van der Waals surface area contributed by atoms with Crippen molar-refractivity contribution in [2.45, 2.75) is 33.2 Å². The second kappa shape index (κ2) is 9.23. The Bertz CT molecular complexity index is 1580. The van der Waals surface area contributed by atoms with Gasteiger partial charge in [-0.3, -0.25) is 4.79 Å². The van der Waals surface area contributed by atoms with E-state index in [4.69, 9.17) is 4.98 Å². The second-order valence-corrected chi connectivity index (χ2v) is 9.30. The predicted octanol–water partition coefficient (Wildman–Crippen LogP) is 2.87. The number of amides is 1. The molecule has 0 spiro atoms. The van der Waals surface area contributed by atoms with Crippen molar-refractivity contribution in [2.75, 3.05) is 31.1 Å². The standard InChI is InChI=1S/C26H28N10O/c1-4-20(24(37)33-12-14-34(15-13-33)25-27-10-7-11-28-25)35-21-9-6-5-8-19(21)22-23(35)29-26(31-30-22)36-18(3)16-17(2)32-36/h5-11,16,20H,4,12-15H2,1-3H3. The van der Waals surface area contributed by atoms with Crippen LogP contribution in [0.2, 0.25) is 0 Å². The van der Waals surface area contributed by atoms with Crippen molar-refractivity contribution in [2.24, 2.45) is 0 Å². The minimum absolute atomic E-state index is 0.0741. The molecule has 1 saturated heterocycles. The average molecular weight is 497 g/mol. The number of nitrogens with zero attached hydrogens (tertiary/aromatic N) is 10. The average Bonchev–Trinajstić information content (AvgIpc) is 3.45. The number of hydrogen-bond acceptors (Lipinski definition) is 8. The molecule has 0 aliphatic carbocycles. The molecule has 11 heteroatoms. The highest BCUT2D eigenvalue weighted by molar-refractivity contribution is 6.05. The molecule has 1 aliphatic rings. The molecule has 1 fully saturated rings. The third-order valence-corrected chi connectivity index (χ3v) is 6.91. The molecule has 0 bridgehead atoms. The van der Waals surface area contributed by atoms with Crippen LogP contribution >= 0.6 is 0 Å².